The minimum atomic E-state index is -0.366. The van der Waals surface area contributed by atoms with E-state index in [0.717, 1.165) is 11.4 Å². The highest BCUT2D eigenvalue weighted by Crippen LogP contribution is 2.40. The van der Waals surface area contributed by atoms with E-state index in [1.54, 1.807) is 5.01 Å². The molecule has 0 saturated heterocycles. The number of para-hydroxylation sites is 2. The van der Waals surface area contributed by atoms with Crippen LogP contribution in [-0.2, 0) is 0 Å². The van der Waals surface area contributed by atoms with Gasteiger partial charge in [-0.3, -0.25) is 5.01 Å². The quantitative estimate of drug-likeness (QED) is 0.850. The van der Waals surface area contributed by atoms with Gasteiger partial charge in [-0.05, 0) is 31.0 Å². The van der Waals surface area contributed by atoms with Crippen molar-refractivity contribution in [1.29, 1.82) is 0 Å². The Hall–Kier alpha value is -1.75. The Morgan fingerprint density at radius 2 is 1.64 bits per heavy atom. The van der Waals surface area contributed by atoms with Gasteiger partial charge in [0.1, 0.15) is 6.67 Å². The van der Waals surface area contributed by atoms with Crippen LogP contribution in [0, 0.1) is 0 Å². The minimum absolute atomic E-state index is 0. The molecule has 1 heterocycles. The van der Waals surface area contributed by atoms with Crippen LogP contribution in [0.1, 0.15) is 24.9 Å². The Bertz CT molecular complexity index is 606. The van der Waals surface area contributed by atoms with Crippen LogP contribution in [0.4, 0.5) is 11.4 Å². The van der Waals surface area contributed by atoms with Crippen LogP contribution in [0.3, 0.4) is 0 Å². The molecule has 22 heavy (non-hydrogen) atoms. The van der Waals surface area contributed by atoms with Gasteiger partial charge >= 0.3 is 0 Å². The molecule has 1 aliphatic heterocycles. The number of benzene rings is 2. The van der Waals surface area contributed by atoms with Crippen molar-refractivity contribution in [3.8, 4) is 0 Å². The lowest BCUT2D eigenvalue weighted by molar-refractivity contribution is 0.173. The van der Waals surface area contributed by atoms with Crippen molar-refractivity contribution in [2.45, 2.75) is 25.5 Å². The molecule has 4 nitrogen and oxygen atoms in total. The van der Waals surface area contributed by atoms with E-state index in [1.165, 1.54) is 5.56 Å². The van der Waals surface area contributed by atoms with E-state index in [9.17, 15) is 5.11 Å². The van der Waals surface area contributed by atoms with Crippen LogP contribution in [0.2, 0.25) is 0 Å². The van der Waals surface area contributed by atoms with Gasteiger partial charge in [0, 0.05) is 0 Å². The van der Waals surface area contributed by atoms with Crippen LogP contribution in [0.5, 0.6) is 0 Å². The van der Waals surface area contributed by atoms with E-state index >= 15 is 0 Å². The number of aliphatic hydroxyl groups is 1. The number of halogens is 1. The number of nitrogens with zero attached hydrogens (tertiary/aromatic N) is 2. The third-order valence-corrected chi connectivity index (χ3v) is 3.93. The van der Waals surface area contributed by atoms with E-state index in [4.69, 9.17) is 5.84 Å². The second-order valence-corrected chi connectivity index (χ2v) is 5.58. The number of aliphatic hydroxyl groups excluding tert-OH is 1. The summed E-state index contributed by atoms with van der Waals surface area (Å²) in [5, 5.41) is 11.6. The number of anilines is 2. The molecule has 2 aromatic carbocycles. The largest absolute Gasteiger partial charge is 0.393 e. The van der Waals surface area contributed by atoms with Crippen LogP contribution >= 0.6 is 12.4 Å². The third-order valence-electron chi connectivity index (χ3n) is 3.93. The highest BCUT2D eigenvalue weighted by molar-refractivity contribution is 5.85. The van der Waals surface area contributed by atoms with Gasteiger partial charge in [-0.15, -0.1) is 12.4 Å². The monoisotopic (exact) mass is 319 g/mol. The van der Waals surface area contributed by atoms with Gasteiger partial charge in [0.15, 0.2) is 0 Å². The zero-order valence-corrected chi connectivity index (χ0v) is 13.4. The Morgan fingerprint density at radius 1 is 1.05 bits per heavy atom. The molecule has 3 rings (SSSR count). The number of fused-ring (bicyclic) bond motifs is 1. The molecule has 0 fully saturated rings. The first kappa shape index (κ1) is 16.6. The first-order valence-corrected chi connectivity index (χ1v) is 7.27. The first-order valence-electron chi connectivity index (χ1n) is 7.27. The molecule has 0 radical (unpaired) electrons. The highest BCUT2D eigenvalue weighted by atomic mass is 35.5. The maximum atomic E-state index is 9.89. The smallest absolute Gasteiger partial charge is 0.106 e. The lowest BCUT2D eigenvalue weighted by Gasteiger charge is -2.31. The van der Waals surface area contributed by atoms with Crippen LogP contribution < -0.4 is 15.8 Å². The van der Waals surface area contributed by atoms with Crippen molar-refractivity contribution in [3.63, 3.8) is 0 Å². The average Bonchev–Trinajstić information content (AvgIpc) is 2.83. The Morgan fingerprint density at radius 3 is 2.27 bits per heavy atom. The van der Waals surface area contributed by atoms with E-state index in [1.807, 2.05) is 43.3 Å². The summed E-state index contributed by atoms with van der Waals surface area (Å²) in [4.78, 5) is 2.26. The molecule has 2 atom stereocenters. The summed E-state index contributed by atoms with van der Waals surface area (Å²) in [7, 11) is 0. The lowest BCUT2D eigenvalue weighted by atomic mass is 9.99. The molecule has 0 amide bonds. The zero-order valence-electron chi connectivity index (χ0n) is 12.6. The van der Waals surface area contributed by atoms with Gasteiger partial charge in [0.05, 0.1) is 23.5 Å². The number of rotatable bonds is 4. The van der Waals surface area contributed by atoms with Gasteiger partial charge in [-0.1, -0.05) is 42.5 Å². The molecule has 2 unspecified atom stereocenters. The summed E-state index contributed by atoms with van der Waals surface area (Å²) < 4.78 is 0. The van der Waals surface area contributed by atoms with E-state index in [0.29, 0.717) is 13.1 Å². The molecule has 1 aliphatic rings. The number of hydrazine groups is 1. The fourth-order valence-electron chi connectivity index (χ4n) is 2.97. The fraction of sp³-hybridized carbons (Fsp3) is 0.294. The molecule has 0 aliphatic carbocycles. The molecule has 0 bridgehead atoms. The van der Waals surface area contributed by atoms with Crippen LogP contribution in [0.15, 0.2) is 54.6 Å². The highest BCUT2D eigenvalue weighted by Gasteiger charge is 2.30. The number of hydrogen-bond donors (Lipinski definition) is 2. The summed E-state index contributed by atoms with van der Waals surface area (Å²) in [5.41, 5.74) is 3.35. The molecule has 0 spiro atoms. The third kappa shape index (κ3) is 3.19. The van der Waals surface area contributed by atoms with Crippen molar-refractivity contribution < 1.29 is 5.11 Å². The van der Waals surface area contributed by atoms with Gasteiger partial charge in [-0.25, -0.2) is 5.84 Å². The molecular weight excluding hydrogens is 298 g/mol. The topological polar surface area (TPSA) is 52.7 Å². The molecule has 0 saturated carbocycles. The Labute approximate surface area is 137 Å². The molecule has 2 aromatic rings. The second kappa shape index (κ2) is 7.01. The first-order chi connectivity index (χ1) is 10.2. The molecule has 118 valence electrons. The summed E-state index contributed by atoms with van der Waals surface area (Å²) in [6.45, 7) is 2.46. The zero-order chi connectivity index (χ0) is 14.8. The van der Waals surface area contributed by atoms with Crippen molar-refractivity contribution in [2.75, 3.05) is 16.6 Å². The van der Waals surface area contributed by atoms with Crippen molar-refractivity contribution in [2.24, 2.45) is 5.84 Å². The standard InChI is InChI=1S/C17H21N3O.ClH/c1-13(21)11-17(14-7-3-2-4-8-14)19-12-20(18)16-10-6-5-9-15(16)19;/h2-10,13,17,21H,11-12,18H2,1H3;1H. The summed E-state index contributed by atoms with van der Waals surface area (Å²) in [6.07, 6.45) is 0.306. The predicted molar refractivity (Wildman–Crippen MR) is 93.2 cm³/mol. The van der Waals surface area contributed by atoms with Gasteiger partial charge in [0.25, 0.3) is 0 Å². The molecule has 5 heteroatoms. The Kier molecular flexibility index (Phi) is 5.29. The normalized spacial score (nSPS) is 16.0. The van der Waals surface area contributed by atoms with Crippen molar-refractivity contribution in [1.82, 2.24) is 0 Å². The summed E-state index contributed by atoms with van der Waals surface area (Å²) >= 11 is 0. The summed E-state index contributed by atoms with van der Waals surface area (Å²) in [6, 6.07) is 18.5. The second-order valence-electron chi connectivity index (χ2n) is 5.58. The van der Waals surface area contributed by atoms with Crippen molar-refractivity contribution in [3.05, 3.63) is 60.2 Å². The summed E-state index contributed by atoms with van der Waals surface area (Å²) in [5.74, 6) is 6.11. The van der Waals surface area contributed by atoms with Crippen LogP contribution in [-0.4, -0.2) is 17.9 Å². The lowest BCUT2D eigenvalue weighted by Crippen LogP contribution is -2.38. The fourth-order valence-corrected chi connectivity index (χ4v) is 2.97. The van der Waals surface area contributed by atoms with Crippen molar-refractivity contribution >= 4 is 23.8 Å². The molecular formula is C17H22ClN3O. The molecule has 3 N–H and O–H groups in total. The SMILES string of the molecule is CC(O)CC(c1ccccc1)N1CN(N)c2ccccc21.Cl. The predicted octanol–water partition coefficient (Wildman–Crippen LogP) is 3.08. The minimum Gasteiger partial charge on any atom is -0.393 e. The number of nitrogens with two attached hydrogens (primary N) is 1. The van der Waals surface area contributed by atoms with E-state index < -0.39 is 0 Å². The van der Waals surface area contributed by atoms with Gasteiger partial charge in [-0.2, -0.15) is 0 Å². The average molecular weight is 320 g/mol. The van der Waals surface area contributed by atoms with E-state index in [2.05, 4.69) is 23.1 Å². The maximum Gasteiger partial charge on any atom is 0.106 e. The Balaban J connectivity index is 0.00000176. The number of hydrogen-bond acceptors (Lipinski definition) is 4. The van der Waals surface area contributed by atoms with E-state index in [-0.39, 0.29) is 24.6 Å². The molecule has 0 aromatic heterocycles. The van der Waals surface area contributed by atoms with Gasteiger partial charge in [0.2, 0.25) is 0 Å². The maximum absolute atomic E-state index is 9.89. The van der Waals surface area contributed by atoms with Crippen LogP contribution in [0.25, 0.3) is 0 Å². The van der Waals surface area contributed by atoms with Gasteiger partial charge < -0.3 is 10.0 Å².